The van der Waals surface area contributed by atoms with Gasteiger partial charge in [-0.3, -0.25) is 0 Å². The standard InChI is InChI=1S/C14H14ClN/c1-9-3-5-11(6-4-9)12-7-10(2)14(16)8-13(12)15/h3-8H,16H2,1-2H3. The van der Waals surface area contributed by atoms with Crippen molar-refractivity contribution >= 4 is 17.3 Å². The van der Waals surface area contributed by atoms with Crippen LogP contribution in [0.3, 0.4) is 0 Å². The summed E-state index contributed by atoms with van der Waals surface area (Å²) in [5, 5.41) is 0.701. The first-order valence-corrected chi connectivity index (χ1v) is 5.58. The second-order valence-electron chi connectivity index (χ2n) is 4.05. The van der Waals surface area contributed by atoms with Gasteiger partial charge in [0.1, 0.15) is 0 Å². The van der Waals surface area contributed by atoms with Crippen molar-refractivity contribution in [2.75, 3.05) is 5.73 Å². The molecule has 0 aliphatic rings. The first-order valence-electron chi connectivity index (χ1n) is 5.20. The zero-order valence-electron chi connectivity index (χ0n) is 9.42. The van der Waals surface area contributed by atoms with Gasteiger partial charge in [0.15, 0.2) is 0 Å². The maximum absolute atomic E-state index is 6.20. The van der Waals surface area contributed by atoms with Crippen LogP contribution in [0, 0.1) is 13.8 Å². The number of hydrogen-bond acceptors (Lipinski definition) is 1. The van der Waals surface area contributed by atoms with E-state index in [0.29, 0.717) is 5.02 Å². The predicted octanol–water partition coefficient (Wildman–Crippen LogP) is 4.21. The first kappa shape index (κ1) is 11.0. The highest BCUT2D eigenvalue weighted by molar-refractivity contribution is 6.33. The lowest BCUT2D eigenvalue weighted by Crippen LogP contribution is -1.91. The van der Waals surface area contributed by atoms with Crippen molar-refractivity contribution in [2.45, 2.75) is 13.8 Å². The molecule has 0 amide bonds. The number of anilines is 1. The summed E-state index contributed by atoms with van der Waals surface area (Å²) in [6.07, 6.45) is 0. The number of benzene rings is 2. The van der Waals surface area contributed by atoms with Crippen LogP contribution in [-0.4, -0.2) is 0 Å². The molecule has 0 aliphatic heterocycles. The fraction of sp³-hybridized carbons (Fsp3) is 0.143. The Morgan fingerprint density at radius 2 is 1.62 bits per heavy atom. The summed E-state index contributed by atoms with van der Waals surface area (Å²) in [6, 6.07) is 12.2. The van der Waals surface area contributed by atoms with E-state index in [4.69, 9.17) is 17.3 Å². The molecule has 0 saturated heterocycles. The molecule has 0 unspecified atom stereocenters. The van der Waals surface area contributed by atoms with Crippen molar-refractivity contribution < 1.29 is 0 Å². The molecule has 0 aromatic heterocycles. The van der Waals surface area contributed by atoms with Gasteiger partial charge >= 0.3 is 0 Å². The highest BCUT2D eigenvalue weighted by Crippen LogP contribution is 2.31. The number of nitrogen functional groups attached to an aromatic ring is 1. The lowest BCUT2D eigenvalue weighted by atomic mass is 10.0. The molecule has 0 bridgehead atoms. The maximum atomic E-state index is 6.20. The van der Waals surface area contributed by atoms with E-state index in [1.165, 1.54) is 5.56 Å². The van der Waals surface area contributed by atoms with E-state index in [-0.39, 0.29) is 0 Å². The van der Waals surface area contributed by atoms with Gasteiger partial charge in [-0.2, -0.15) is 0 Å². The van der Waals surface area contributed by atoms with Gasteiger partial charge in [0.2, 0.25) is 0 Å². The normalized spacial score (nSPS) is 10.4. The summed E-state index contributed by atoms with van der Waals surface area (Å²) >= 11 is 6.20. The fourth-order valence-corrected chi connectivity index (χ4v) is 1.93. The van der Waals surface area contributed by atoms with Gasteiger partial charge in [0.05, 0.1) is 5.02 Å². The SMILES string of the molecule is Cc1ccc(-c2cc(C)c(N)cc2Cl)cc1. The molecule has 0 aliphatic carbocycles. The van der Waals surface area contributed by atoms with E-state index in [9.17, 15) is 0 Å². The summed E-state index contributed by atoms with van der Waals surface area (Å²) in [5.74, 6) is 0. The molecule has 16 heavy (non-hydrogen) atoms. The minimum Gasteiger partial charge on any atom is -0.398 e. The van der Waals surface area contributed by atoms with Crippen molar-refractivity contribution in [3.8, 4) is 11.1 Å². The van der Waals surface area contributed by atoms with Crippen molar-refractivity contribution in [1.82, 2.24) is 0 Å². The van der Waals surface area contributed by atoms with Crippen molar-refractivity contribution in [1.29, 1.82) is 0 Å². The second kappa shape index (κ2) is 4.18. The van der Waals surface area contributed by atoms with Crippen LogP contribution in [-0.2, 0) is 0 Å². The summed E-state index contributed by atoms with van der Waals surface area (Å²) in [5.41, 5.74) is 11.0. The zero-order chi connectivity index (χ0) is 11.7. The summed E-state index contributed by atoms with van der Waals surface area (Å²) in [4.78, 5) is 0. The summed E-state index contributed by atoms with van der Waals surface area (Å²) < 4.78 is 0. The molecule has 2 aromatic rings. The molecule has 82 valence electrons. The van der Waals surface area contributed by atoms with E-state index in [0.717, 1.165) is 22.4 Å². The van der Waals surface area contributed by atoms with Crippen LogP contribution in [0.15, 0.2) is 36.4 Å². The third kappa shape index (κ3) is 2.05. The molecule has 2 N–H and O–H groups in total. The molecule has 0 radical (unpaired) electrons. The average molecular weight is 232 g/mol. The highest BCUT2D eigenvalue weighted by atomic mass is 35.5. The van der Waals surface area contributed by atoms with E-state index in [2.05, 4.69) is 31.2 Å². The van der Waals surface area contributed by atoms with E-state index in [1.807, 2.05) is 19.1 Å². The monoisotopic (exact) mass is 231 g/mol. The largest absolute Gasteiger partial charge is 0.398 e. The number of halogens is 1. The smallest absolute Gasteiger partial charge is 0.0505 e. The van der Waals surface area contributed by atoms with Crippen LogP contribution < -0.4 is 5.73 Å². The average Bonchev–Trinajstić information content (AvgIpc) is 2.25. The van der Waals surface area contributed by atoms with Crippen LogP contribution in [0.1, 0.15) is 11.1 Å². The molecule has 0 spiro atoms. The highest BCUT2D eigenvalue weighted by Gasteiger charge is 2.05. The molecule has 2 rings (SSSR count). The maximum Gasteiger partial charge on any atom is 0.0505 e. The number of rotatable bonds is 1. The van der Waals surface area contributed by atoms with Gasteiger partial charge < -0.3 is 5.73 Å². The van der Waals surface area contributed by atoms with Crippen molar-refractivity contribution in [2.24, 2.45) is 0 Å². The molecule has 0 saturated carbocycles. The fourth-order valence-electron chi connectivity index (χ4n) is 1.65. The summed E-state index contributed by atoms with van der Waals surface area (Å²) in [6.45, 7) is 4.06. The lowest BCUT2D eigenvalue weighted by molar-refractivity contribution is 1.44. The second-order valence-corrected chi connectivity index (χ2v) is 4.46. The first-order chi connectivity index (χ1) is 7.58. The molecule has 1 nitrogen and oxygen atoms in total. The Morgan fingerprint density at radius 3 is 2.25 bits per heavy atom. The minimum atomic E-state index is 0.701. The Kier molecular flexibility index (Phi) is 2.88. The minimum absolute atomic E-state index is 0.701. The van der Waals surface area contributed by atoms with E-state index >= 15 is 0 Å². The lowest BCUT2D eigenvalue weighted by Gasteiger charge is -2.08. The predicted molar refractivity (Wildman–Crippen MR) is 70.8 cm³/mol. The van der Waals surface area contributed by atoms with Crippen molar-refractivity contribution in [3.63, 3.8) is 0 Å². The van der Waals surface area contributed by atoms with E-state index in [1.54, 1.807) is 0 Å². The molecule has 0 atom stereocenters. The molecule has 0 heterocycles. The van der Waals surface area contributed by atoms with Crippen LogP contribution in [0.5, 0.6) is 0 Å². The third-order valence-electron chi connectivity index (χ3n) is 2.72. The molecular weight excluding hydrogens is 218 g/mol. The Bertz CT molecular complexity index is 515. The topological polar surface area (TPSA) is 26.0 Å². The number of aryl methyl sites for hydroxylation is 2. The Balaban J connectivity index is 2.56. The number of nitrogens with two attached hydrogens (primary N) is 1. The quantitative estimate of drug-likeness (QED) is 0.732. The van der Waals surface area contributed by atoms with Crippen LogP contribution >= 0.6 is 11.6 Å². The van der Waals surface area contributed by atoms with Gasteiger partial charge in [0, 0.05) is 11.3 Å². The molecule has 2 heteroatoms. The third-order valence-corrected chi connectivity index (χ3v) is 3.03. The Morgan fingerprint density at radius 1 is 1.00 bits per heavy atom. The van der Waals surface area contributed by atoms with E-state index < -0.39 is 0 Å². The van der Waals surface area contributed by atoms with Crippen LogP contribution in [0.25, 0.3) is 11.1 Å². The molecule has 0 fully saturated rings. The summed E-state index contributed by atoms with van der Waals surface area (Å²) in [7, 11) is 0. The van der Waals surface area contributed by atoms with Gasteiger partial charge in [-0.05, 0) is 37.1 Å². The van der Waals surface area contributed by atoms with Crippen LogP contribution in [0.2, 0.25) is 5.02 Å². The van der Waals surface area contributed by atoms with Gasteiger partial charge in [-0.1, -0.05) is 41.4 Å². The Labute approximate surface area is 101 Å². The molecule has 2 aromatic carbocycles. The van der Waals surface area contributed by atoms with Crippen LogP contribution in [0.4, 0.5) is 5.69 Å². The van der Waals surface area contributed by atoms with Gasteiger partial charge in [-0.15, -0.1) is 0 Å². The number of hydrogen-bond donors (Lipinski definition) is 1. The van der Waals surface area contributed by atoms with Gasteiger partial charge in [0.25, 0.3) is 0 Å². The zero-order valence-corrected chi connectivity index (χ0v) is 10.2. The van der Waals surface area contributed by atoms with Gasteiger partial charge in [-0.25, -0.2) is 0 Å². The van der Waals surface area contributed by atoms with Crippen molar-refractivity contribution in [3.05, 3.63) is 52.5 Å². The Hall–Kier alpha value is -1.47. The molecular formula is C14H14ClN.